The van der Waals surface area contributed by atoms with Gasteiger partial charge in [-0.15, -0.1) is 0 Å². The summed E-state index contributed by atoms with van der Waals surface area (Å²) in [7, 11) is 3.61. The molecule has 1 aliphatic rings. The summed E-state index contributed by atoms with van der Waals surface area (Å²) in [5, 5.41) is 11.2. The van der Waals surface area contributed by atoms with E-state index >= 15 is 0 Å². The number of nitrogens with one attached hydrogen (secondary N) is 2. The molecule has 1 heterocycles. The van der Waals surface area contributed by atoms with Crippen LogP contribution in [0.15, 0.2) is 17.4 Å². The molecule has 6 heteroatoms. The van der Waals surface area contributed by atoms with Gasteiger partial charge in [0.25, 0.3) is 0 Å². The van der Waals surface area contributed by atoms with E-state index in [1.165, 1.54) is 24.8 Å². The van der Waals surface area contributed by atoms with E-state index in [-0.39, 0.29) is 0 Å². The van der Waals surface area contributed by atoms with E-state index in [1.54, 1.807) is 7.11 Å². The van der Waals surface area contributed by atoms with E-state index in [1.807, 2.05) is 17.9 Å². The summed E-state index contributed by atoms with van der Waals surface area (Å²) in [5.74, 6) is 0.894. The normalized spacial score (nSPS) is 16.9. The van der Waals surface area contributed by atoms with Crippen molar-refractivity contribution in [1.82, 2.24) is 20.4 Å². The third kappa shape index (κ3) is 5.53. The molecule has 6 nitrogen and oxygen atoms in total. The van der Waals surface area contributed by atoms with Crippen molar-refractivity contribution in [3.05, 3.63) is 18.0 Å². The summed E-state index contributed by atoms with van der Waals surface area (Å²) >= 11 is 0. The lowest BCUT2D eigenvalue weighted by molar-refractivity contribution is 0.0732. The minimum Gasteiger partial charge on any atom is -0.385 e. The molecule has 130 valence electrons. The summed E-state index contributed by atoms with van der Waals surface area (Å²) in [6.07, 6.45) is 10.0. The van der Waals surface area contributed by atoms with E-state index in [4.69, 9.17) is 4.74 Å². The van der Waals surface area contributed by atoms with Crippen LogP contribution in [-0.4, -0.2) is 49.6 Å². The van der Waals surface area contributed by atoms with Gasteiger partial charge in [0, 0.05) is 46.6 Å². The molecule has 0 aromatic carbocycles. The Morgan fingerprint density at radius 2 is 2.26 bits per heavy atom. The molecule has 0 saturated heterocycles. The van der Waals surface area contributed by atoms with Crippen LogP contribution in [0.1, 0.15) is 37.7 Å². The predicted molar refractivity (Wildman–Crippen MR) is 93.7 cm³/mol. The van der Waals surface area contributed by atoms with E-state index in [2.05, 4.69) is 33.8 Å². The minimum atomic E-state index is 0.403. The van der Waals surface area contributed by atoms with E-state index in [9.17, 15) is 0 Å². The van der Waals surface area contributed by atoms with Gasteiger partial charge in [0.2, 0.25) is 0 Å². The fourth-order valence-electron chi connectivity index (χ4n) is 3.04. The van der Waals surface area contributed by atoms with Crippen molar-refractivity contribution in [2.24, 2.45) is 10.4 Å². The van der Waals surface area contributed by atoms with Crippen molar-refractivity contribution in [2.45, 2.75) is 45.6 Å². The molecule has 0 amide bonds. The molecule has 1 fully saturated rings. The maximum absolute atomic E-state index is 5.25. The minimum absolute atomic E-state index is 0.403. The number of ether oxygens (including phenoxy) is 1. The molecule has 2 rings (SSSR count). The Bertz CT molecular complexity index is 493. The van der Waals surface area contributed by atoms with Crippen LogP contribution < -0.4 is 10.6 Å². The molecule has 0 radical (unpaired) electrons. The highest BCUT2D eigenvalue weighted by Gasteiger charge is 2.36. The SMILES string of the molecule is CN=C(NCCCn1cc(C)cn1)NCC1(CCOC)CCC1. The van der Waals surface area contributed by atoms with Crippen LogP contribution in [0, 0.1) is 12.3 Å². The number of guanidine groups is 1. The Hall–Kier alpha value is -1.56. The van der Waals surface area contributed by atoms with Crippen molar-refractivity contribution < 1.29 is 4.74 Å². The number of methoxy groups -OCH3 is 1. The highest BCUT2D eigenvalue weighted by atomic mass is 16.5. The summed E-state index contributed by atoms with van der Waals surface area (Å²) in [4.78, 5) is 4.32. The van der Waals surface area contributed by atoms with E-state index < -0.39 is 0 Å². The zero-order valence-corrected chi connectivity index (χ0v) is 14.8. The zero-order chi connectivity index (χ0) is 16.5. The van der Waals surface area contributed by atoms with Crippen LogP contribution in [0.2, 0.25) is 0 Å². The highest BCUT2D eigenvalue weighted by Crippen LogP contribution is 2.43. The molecule has 1 aromatic rings. The van der Waals surface area contributed by atoms with Crippen molar-refractivity contribution >= 4 is 5.96 Å². The molecule has 23 heavy (non-hydrogen) atoms. The molecule has 1 aromatic heterocycles. The molecule has 0 unspecified atom stereocenters. The average molecular weight is 321 g/mol. The third-order valence-electron chi connectivity index (χ3n) is 4.72. The van der Waals surface area contributed by atoms with Gasteiger partial charge >= 0.3 is 0 Å². The van der Waals surface area contributed by atoms with Gasteiger partial charge in [-0.25, -0.2) is 0 Å². The average Bonchev–Trinajstić information content (AvgIpc) is 2.93. The highest BCUT2D eigenvalue weighted by molar-refractivity contribution is 5.79. The van der Waals surface area contributed by atoms with Crippen molar-refractivity contribution in [3.8, 4) is 0 Å². The molecule has 1 aliphatic carbocycles. The van der Waals surface area contributed by atoms with E-state index in [0.29, 0.717) is 5.41 Å². The topological polar surface area (TPSA) is 63.5 Å². The Kier molecular flexibility index (Phi) is 6.89. The van der Waals surface area contributed by atoms with Crippen molar-refractivity contribution in [3.63, 3.8) is 0 Å². The van der Waals surface area contributed by atoms with Gasteiger partial charge < -0.3 is 15.4 Å². The third-order valence-corrected chi connectivity index (χ3v) is 4.72. The summed E-state index contributed by atoms with van der Waals surface area (Å²) in [6, 6.07) is 0. The molecule has 0 bridgehead atoms. The maximum atomic E-state index is 5.25. The number of hydrogen-bond donors (Lipinski definition) is 2. The van der Waals surface area contributed by atoms with Gasteiger partial charge in [0.15, 0.2) is 5.96 Å². The summed E-state index contributed by atoms with van der Waals surface area (Å²) in [5.41, 5.74) is 1.61. The smallest absolute Gasteiger partial charge is 0.190 e. The molecule has 2 N–H and O–H groups in total. The van der Waals surface area contributed by atoms with Crippen LogP contribution in [-0.2, 0) is 11.3 Å². The van der Waals surface area contributed by atoms with Crippen molar-refractivity contribution in [2.75, 3.05) is 33.9 Å². The first kappa shape index (κ1) is 17.8. The van der Waals surface area contributed by atoms with Crippen LogP contribution >= 0.6 is 0 Å². The first-order valence-electron chi connectivity index (χ1n) is 8.60. The van der Waals surface area contributed by atoms with Gasteiger partial charge in [-0.2, -0.15) is 5.10 Å². The standard InChI is InChI=1S/C17H31N5O/c1-15-12-21-22(13-15)10-5-9-19-16(18-2)20-14-17(6-4-7-17)8-11-23-3/h12-13H,4-11,14H2,1-3H3,(H2,18,19,20). The second kappa shape index (κ2) is 8.91. The van der Waals surface area contributed by atoms with Gasteiger partial charge in [0.1, 0.15) is 0 Å². The van der Waals surface area contributed by atoms with Crippen LogP contribution in [0.5, 0.6) is 0 Å². The summed E-state index contributed by atoms with van der Waals surface area (Å²) < 4.78 is 7.24. The van der Waals surface area contributed by atoms with Gasteiger partial charge in [0.05, 0.1) is 6.20 Å². The monoisotopic (exact) mass is 321 g/mol. The summed E-state index contributed by atoms with van der Waals surface area (Å²) in [6.45, 7) is 5.71. The number of aromatic nitrogens is 2. The number of aliphatic imine (C=N–C) groups is 1. The molecule has 0 spiro atoms. The Labute approximate surface area is 139 Å². The maximum Gasteiger partial charge on any atom is 0.190 e. The Morgan fingerprint density at radius 3 is 2.83 bits per heavy atom. The van der Waals surface area contributed by atoms with Crippen molar-refractivity contribution in [1.29, 1.82) is 0 Å². The second-order valence-corrected chi connectivity index (χ2v) is 6.58. The van der Waals surface area contributed by atoms with E-state index in [0.717, 1.165) is 45.0 Å². The van der Waals surface area contributed by atoms with Crippen LogP contribution in [0.3, 0.4) is 0 Å². The molecule has 0 aliphatic heterocycles. The number of hydrogen-bond acceptors (Lipinski definition) is 3. The Morgan fingerprint density at radius 1 is 1.43 bits per heavy atom. The van der Waals surface area contributed by atoms with Gasteiger partial charge in [-0.1, -0.05) is 6.42 Å². The first-order chi connectivity index (χ1) is 11.2. The predicted octanol–water partition coefficient (Wildman–Crippen LogP) is 1.95. The zero-order valence-electron chi connectivity index (χ0n) is 14.8. The fourth-order valence-corrected chi connectivity index (χ4v) is 3.04. The molecular weight excluding hydrogens is 290 g/mol. The number of nitrogens with zero attached hydrogens (tertiary/aromatic N) is 3. The number of rotatable bonds is 9. The number of aryl methyl sites for hydroxylation is 2. The second-order valence-electron chi connectivity index (χ2n) is 6.58. The molecule has 1 saturated carbocycles. The first-order valence-corrected chi connectivity index (χ1v) is 8.60. The molecular formula is C17H31N5O. The lowest BCUT2D eigenvalue weighted by Gasteiger charge is -2.42. The Balaban J connectivity index is 1.65. The molecule has 0 atom stereocenters. The fraction of sp³-hybridized carbons (Fsp3) is 0.765. The van der Waals surface area contributed by atoms with Gasteiger partial charge in [-0.05, 0) is 43.6 Å². The lowest BCUT2D eigenvalue weighted by atomic mass is 9.67. The van der Waals surface area contributed by atoms with Crippen LogP contribution in [0.25, 0.3) is 0 Å². The largest absolute Gasteiger partial charge is 0.385 e. The quantitative estimate of drug-likeness (QED) is 0.414. The van der Waals surface area contributed by atoms with Crippen LogP contribution in [0.4, 0.5) is 0 Å². The van der Waals surface area contributed by atoms with Gasteiger partial charge in [-0.3, -0.25) is 9.67 Å². The lowest BCUT2D eigenvalue weighted by Crippen LogP contribution is -2.47.